The summed E-state index contributed by atoms with van der Waals surface area (Å²) in [5, 5.41) is 0. The number of ether oxygens (including phenoxy) is 2. The maximum absolute atomic E-state index is 11.3. The Balaban J connectivity index is 2.57. The number of hydrogen-bond donors (Lipinski definition) is 0. The zero-order valence-corrected chi connectivity index (χ0v) is 11.0. The Bertz CT molecular complexity index is 483. The van der Waals surface area contributed by atoms with Crippen molar-refractivity contribution in [2.24, 2.45) is 0 Å². The van der Waals surface area contributed by atoms with Crippen LogP contribution in [0.2, 0.25) is 0 Å². The lowest BCUT2D eigenvalue weighted by atomic mass is 10.1. The molecule has 0 radical (unpaired) electrons. The molecule has 0 amide bonds. The van der Waals surface area contributed by atoms with Crippen molar-refractivity contribution in [1.29, 1.82) is 0 Å². The van der Waals surface area contributed by atoms with Crippen LogP contribution in [-0.2, 0) is 14.3 Å². The summed E-state index contributed by atoms with van der Waals surface area (Å²) in [4.78, 5) is 22.5. The summed E-state index contributed by atoms with van der Waals surface area (Å²) in [6, 6.07) is 6.72. The molecule has 0 saturated carbocycles. The minimum absolute atomic E-state index is 0.265. The Morgan fingerprint density at radius 2 is 1.89 bits per heavy atom. The molecule has 0 atom stereocenters. The maximum Gasteiger partial charge on any atom is 0.337 e. The summed E-state index contributed by atoms with van der Waals surface area (Å²) in [7, 11) is 1.33. The van der Waals surface area contributed by atoms with Gasteiger partial charge >= 0.3 is 11.9 Å². The molecule has 0 aliphatic heterocycles. The number of carbonyl (C=O) groups excluding carboxylic acids is 2. The summed E-state index contributed by atoms with van der Waals surface area (Å²) < 4.78 is 9.49. The van der Waals surface area contributed by atoms with E-state index in [1.165, 1.54) is 13.2 Å². The van der Waals surface area contributed by atoms with Gasteiger partial charge in [0.2, 0.25) is 0 Å². The van der Waals surface area contributed by atoms with Crippen LogP contribution >= 0.6 is 0 Å². The lowest BCUT2D eigenvalue weighted by Gasteiger charge is -1.99. The van der Waals surface area contributed by atoms with Crippen molar-refractivity contribution in [3.8, 4) is 0 Å². The first-order valence-corrected chi connectivity index (χ1v) is 5.81. The number of benzene rings is 1. The lowest BCUT2D eigenvalue weighted by Crippen LogP contribution is -2.01. The highest BCUT2D eigenvalue weighted by Gasteiger charge is 2.03. The molecule has 0 unspecified atom stereocenters. The van der Waals surface area contributed by atoms with E-state index in [1.54, 1.807) is 36.4 Å². The first-order valence-electron chi connectivity index (χ1n) is 5.81. The molecule has 4 nitrogen and oxygen atoms in total. The smallest absolute Gasteiger partial charge is 0.337 e. The molecule has 0 aliphatic rings. The third-order valence-corrected chi connectivity index (χ3v) is 2.30. The van der Waals surface area contributed by atoms with Crippen molar-refractivity contribution < 1.29 is 19.1 Å². The van der Waals surface area contributed by atoms with Crippen molar-refractivity contribution >= 4 is 18.0 Å². The molecule has 4 heteroatoms. The third kappa shape index (κ3) is 5.21. The Labute approximate surface area is 112 Å². The fraction of sp³-hybridized carbons (Fsp3) is 0.200. The topological polar surface area (TPSA) is 52.6 Å². The van der Waals surface area contributed by atoms with Gasteiger partial charge in [-0.1, -0.05) is 24.3 Å². The van der Waals surface area contributed by atoms with Crippen LogP contribution in [0.5, 0.6) is 0 Å². The van der Waals surface area contributed by atoms with Crippen LogP contribution in [0, 0.1) is 0 Å². The van der Waals surface area contributed by atoms with E-state index in [2.05, 4.69) is 4.74 Å². The van der Waals surface area contributed by atoms with Crippen LogP contribution in [0.1, 0.15) is 22.8 Å². The van der Waals surface area contributed by atoms with E-state index in [0.717, 1.165) is 5.56 Å². The number of rotatable bonds is 5. The van der Waals surface area contributed by atoms with Gasteiger partial charge in [0.25, 0.3) is 0 Å². The predicted octanol–water partition coefficient (Wildman–Crippen LogP) is 2.61. The predicted molar refractivity (Wildman–Crippen MR) is 72.6 cm³/mol. The SMILES string of the molecule is C/C=C/COC(=O)/C=C/c1ccc(C(=O)OC)cc1. The Hall–Kier alpha value is -2.36. The van der Waals surface area contributed by atoms with Crippen molar-refractivity contribution in [3.05, 3.63) is 53.6 Å². The van der Waals surface area contributed by atoms with Crippen molar-refractivity contribution in [2.45, 2.75) is 6.92 Å². The first-order chi connectivity index (χ1) is 9.17. The van der Waals surface area contributed by atoms with E-state index in [-0.39, 0.29) is 12.6 Å². The molecule has 1 aromatic rings. The molecule has 0 aromatic heterocycles. The fourth-order valence-electron chi connectivity index (χ4n) is 1.29. The second-order valence-corrected chi connectivity index (χ2v) is 3.65. The largest absolute Gasteiger partial charge is 0.465 e. The van der Waals surface area contributed by atoms with Gasteiger partial charge in [-0.15, -0.1) is 0 Å². The molecule has 0 fully saturated rings. The van der Waals surface area contributed by atoms with E-state index < -0.39 is 5.97 Å². The quantitative estimate of drug-likeness (QED) is 0.464. The van der Waals surface area contributed by atoms with Crippen LogP contribution in [0.4, 0.5) is 0 Å². The van der Waals surface area contributed by atoms with Gasteiger partial charge in [0.15, 0.2) is 0 Å². The van der Waals surface area contributed by atoms with Gasteiger partial charge in [0.1, 0.15) is 6.61 Å². The molecule has 0 spiro atoms. The van der Waals surface area contributed by atoms with Crippen LogP contribution < -0.4 is 0 Å². The summed E-state index contributed by atoms with van der Waals surface area (Å²) in [5.74, 6) is -0.795. The molecule has 0 aliphatic carbocycles. The first kappa shape index (κ1) is 14.7. The number of hydrogen-bond acceptors (Lipinski definition) is 4. The lowest BCUT2D eigenvalue weighted by molar-refractivity contribution is -0.136. The number of carbonyl (C=O) groups is 2. The van der Waals surface area contributed by atoms with Crippen LogP contribution in [0.25, 0.3) is 6.08 Å². The van der Waals surface area contributed by atoms with Gasteiger partial charge < -0.3 is 9.47 Å². The minimum Gasteiger partial charge on any atom is -0.465 e. The van der Waals surface area contributed by atoms with E-state index in [9.17, 15) is 9.59 Å². The zero-order valence-electron chi connectivity index (χ0n) is 11.0. The molecule has 0 saturated heterocycles. The van der Waals surface area contributed by atoms with Gasteiger partial charge in [0, 0.05) is 6.08 Å². The Kier molecular flexibility index (Phi) is 6.09. The van der Waals surface area contributed by atoms with Gasteiger partial charge in [-0.2, -0.15) is 0 Å². The second kappa shape index (κ2) is 7.87. The Morgan fingerprint density at radius 3 is 2.47 bits per heavy atom. The minimum atomic E-state index is -0.407. The highest BCUT2D eigenvalue weighted by atomic mass is 16.5. The van der Waals surface area contributed by atoms with Crippen molar-refractivity contribution in [2.75, 3.05) is 13.7 Å². The highest BCUT2D eigenvalue weighted by molar-refractivity contribution is 5.90. The maximum atomic E-state index is 11.3. The van der Waals surface area contributed by atoms with E-state index in [4.69, 9.17) is 4.74 Å². The summed E-state index contributed by atoms with van der Waals surface area (Å²) >= 11 is 0. The third-order valence-electron chi connectivity index (χ3n) is 2.30. The normalized spacial score (nSPS) is 10.8. The van der Waals surface area contributed by atoms with Gasteiger partial charge in [-0.05, 0) is 30.7 Å². The zero-order chi connectivity index (χ0) is 14.1. The monoisotopic (exact) mass is 260 g/mol. The number of allylic oxidation sites excluding steroid dienone is 1. The van der Waals surface area contributed by atoms with Gasteiger partial charge in [-0.25, -0.2) is 9.59 Å². The number of esters is 2. The van der Waals surface area contributed by atoms with Gasteiger partial charge in [-0.3, -0.25) is 0 Å². The van der Waals surface area contributed by atoms with Crippen molar-refractivity contribution in [3.63, 3.8) is 0 Å². The summed E-state index contributed by atoms with van der Waals surface area (Å²) in [5.41, 5.74) is 1.27. The molecule has 0 N–H and O–H groups in total. The molecule has 100 valence electrons. The highest BCUT2D eigenvalue weighted by Crippen LogP contribution is 2.07. The molecular formula is C15H16O4. The van der Waals surface area contributed by atoms with Crippen molar-refractivity contribution in [1.82, 2.24) is 0 Å². The van der Waals surface area contributed by atoms with Gasteiger partial charge in [0.05, 0.1) is 12.7 Å². The molecule has 1 rings (SSSR count). The molecule has 19 heavy (non-hydrogen) atoms. The molecule has 0 bridgehead atoms. The fourth-order valence-corrected chi connectivity index (χ4v) is 1.29. The summed E-state index contributed by atoms with van der Waals surface area (Å²) in [6.45, 7) is 2.12. The average molecular weight is 260 g/mol. The van der Waals surface area contributed by atoms with E-state index >= 15 is 0 Å². The number of methoxy groups -OCH3 is 1. The second-order valence-electron chi connectivity index (χ2n) is 3.65. The summed E-state index contributed by atoms with van der Waals surface area (Å²) in [6.07, 6.45) is 6.52. The van der Waals surface area contributed by atoms with Crippen LogP contribution in [-0.4, -0.2) is 25.7 Å². The van der Waals surface area contributed by atoms with E-state index in [1.807, 2.05) is 13.0 Å². The Morgan fingerprint density at radius 1 is 1.21 bits per heavy atom. The molecule has 0 heterocycles. The van der Waals surface area contributed by atoms with E-state index in [0.29, 0.717) is 5.56 Å². The standard InChI is InChI=1S/C15H16O4/c1-3-4-11-19-14(16)10-7-12-5-8-13(9-6-12)15(17)18-2/h3-10H,11H2,1-2H3/b4-3+,10-7+. The average Bonchev–Trinajstić information content (AvgIpc) is 2.45. The van der Waals surface area contributed by atoms with Crippen LogP contribution in [0.3, 0.4) is 0 Å². The molecule has 1 aromatic carbocycles. The molecular weight excluding hydrogens is 244 g/mol. The van der Waals surface area contributed by atoms with Crippen LogP contribution in [0.15, 0.2) is 42.5 Å².